The first-order valence-corrected chi connectivity index (χ1v) is 5.79. The standard InChI is InChI=1S/C8H17O4P/c1-4-7-8-12-13(9,10-5-2)11-6-3/h4,7H,5-6,8H2,1-3H3/b7-4+. The van der Waals surface area contributed by atoms with Crippen molar-refractivity contribution in [3.05, 3.63) is 12.2 Å². The van der Waals surface area contributed by atoms with Gasteiger partial charge in [-0.1, -0.05) is 12.2 Å². The summed E-state index contributed by atoms with van der Waals surface area (Å²) in [6, 6.07) is 0. The Morgan fingerprint density at radius 1 is 1.15 bits per heavy atom. The number of phosphoric acid groups is 1. The first-order chi connectivity index (χ1) is 6.18. The molecule has 0 heterocycles. The van der Waals surface area contributed by atoms with Gasteiger partial charge in [0.1, 0.15) is 0 Å². The third-order valence-electron chi connectivity index (χ3n) is 1.14. The molecule has 5 heteroatoms. The molecule has 0 N–H and O–H groups in total. The van der Waals surface area contributed by atoms with Crippen LogP contribution in [0.4, 0.5) is 0 Å². The highest BCUT2D eigenvalue weighted by atomic mass is 31.2. The maximum atomic E-state index is 11.6. The lowest BCUT2D eigenvalue weighted by atomic mass is 10.6. The molecular weight excluding hydrogens is 191 g/mol. The average molecular weight is 208 g/mol. The van der Waals surface area contributed by atoms with Crippen LogP contribution in [0, 0.1) is 0 Å². The molecule has 0 bridgehead atoms. The van der Waals surface area contributed by atoms with E-state index in [2.05, 4.69) is 0 Å². The molecule has 4 nitrogen and oxygen atoms in total. The molecule has 78 valence electrons. The molecular formula is C8H17O4P. The molecule has 0 aromatic rings. The summed E-state index contributed by atoms with van der Waals surface area (Å²) >= 11 is 0. The highest BCUT2D eigenvalue weighted by Gasteiger charge is 2.24. The van der Waals surface area contributed by atoms with Gasteiger partial charge in [-0.05, 0) is 20.8 Å². The lowest BCUT2D eigenvalue weighted by molar-refractivity contribution is 0.131. The summed E-state index contributed by atoms with van der Waals surface area (Å²) in [5.41, 5.74) is 0. The zero-order chi connectivity index (χ0) is 10.2. The third-order valence-corrected chi connectivity index (χ3v) is 2.75. The molecule has 0 saturated heterocycles. The van der Waals surface area contributed by atoms with Gasteiger partial charge >= 0.3 is 7.82 Å². The van der Waals surface area contributed by atoms with Crippen molar-refractivity contribution in [3.63, 3.8) is 0 Å². The normalized spacial score (nSPS) is 12.5. The monoisotopic (exact) mass is 208 g/mol. The van der Waals surface area contributed by atoms with Crippen LogP contribution >= 0.6 is 7.82 Å². The summed E-state index contributed by atoms with van der Waals surface area (Å²) < 4.78 is 26.3. The Labute approximate surface area is 79.5 Å². The summed E-state index contributed by atoms with van der Waals surface area (Å²) in [5.74, 6) is 0. The van der Waals surface area contributed by atoms with Gasteiger partial charge in [0.25, 0.3) is 0 Å². The van der Waals surface area contributed by atoms with Crippen molar-refractivity contribution in [3.8, 4) is 0 Å². The van der Waals surface area contributed by atoms with E-state index in [9.17, 15) is 4.57 Å². The SMILES string of the molecule is C/C=C/COP(=O)(OCC)OCC. The average Bonchev–Trinajstić information content (AvgIpc) is 2.05. The molecule has 0 unspecified atom stereocenters. The summed E-state index contributed by atoms with van der Waals surface area (Å²) in [4.78, 5) is 0. The molecule has 0 aliphatic rings. The smallest absolute Gasteiger partial charge is 0.287 e. The molecule has 0 radical (unpaired) electrons. The fourth-order valence-electron chi connectivity index (χ4n) is 0.659. The number of allylic oxidation sites excluding steroid dienone is 1. The van der Waals surface area contributed by atoms with E-state index in [0.717, 1.165) is 0 Å². The highest BCUT2D eigenvalue weighted by molar-refractivity contribution is 7.48. The Morgan fingerprint density at radius 3 is 2.08 bits per heavy atom. The second-order valence-corrected chi connectivity index (χ2v) is 3.82. The van der Waals surface area contributed by atoms with Crippen LogP contribution in [0.5, 0.6) is 0 Å². The van der Waals surface area contributed by atoms with Crippen LogP contribution in [0.25, 0.3) is 0 Å². The highest BCUT2D eigenvalue weighted by Crippen LogP contribution is 2.48. The Morgan fingerprint density at radius 2 is 1.69 bits per heavy atom. The Hall–Kier alpha value is -0.150. The minimum Gasteiger partial charge on any atom is -0.287 e. The van der Waals surface area contributed by atoms with E-state index in [1.165, 1.54) is 0 Å². The van der Waals surface area contributed by atoms with Crippen LogP contribution in [0.1, 0.15) is 20.8 Å². The fourth-order valence-corrected chi connectivity index (χ4v) is 1.78. The summed E-state index contributed by atoms with van der Waals surface area (Å²) in [5, 5.41) is 0. The van der Waals surface area contributed by atoms with E-state index in [-0.39, 0.29) is 6.61 Å². The van der Waals surface area contributed by atoms with Crippen molar-refractivity contribution < 1.29 is 18.1 Å². The van der Waals surface area contributed by atoms with Crippen molar-refractivity contribution in [2.75, 3.05) is 19.8 Å². The molecule has 0 aromatic heterocycles. The van der Waals surface area contributed by atoms with Gasteiger partial charge in [-0.2, -0.15) is 0 Å². The second-order valence-electron chi connectivity index (χ2n) is 2.15. The van der Waals surface area contributed by atoms with E-state index in [1.807, 2.05) is 13.0 Å². The molecule has 0 amide bonds. The fraction of sp³-hybridized carbons (Fsp3) is 0.750. The van der Waals surface area contributed by atoms with Crippen molar-refractivity contribution in [1.29, 1.82) is 0 Å². The summed E-state index contributed by atoms with van der Waals surface area (Å²) in [6.07, 6.45) is 3.55. The van der Waals surface area contributed by atoms with Crippen molar-refractivity contribution >= 4 is 7.82 Å². The van der Waals surface area contributed by atoms with Crippen LogP contribution in [0.2, 0.25) is 0 Å². The van der Waals surface area contributed by atoms with Gasteiger partial charge in [-0.25, -0.2) is 4.57 Å². The Bertz CT molecular complexity index is 181. The van der Waals surface area contributed by atoms with Crippen molar-refractivity contribution in [2.24, 2.45) is 0 Å². The van der Waals surface area contributed by atoms with Crippen LogP contribution in [-0.2, 0) is 18.1 Å². The van der Waals surface area contributed by atoms with Crippen LogP contribution in [0.3, 0.4) is 0 Å². The maximum Gasteiger partial charge on any atom is 0.475 e. The third kappa shape index (κ3) is 5.99. The largest absolute Gasteiger partial charge is 0.475 e. The van der Waals surface area contributed by atoms with Crippen LogP contribution in [0.15, 0.2) is 12.2 Å². The molecule has 0 spiro atoms. The van der Waals surface area contributed by atoms with Gasteiger partial charge in [-0.3, -0.25) is 13.6 Å². The molecule has 0 rings (SSSR count). The first kappa shape index (κ1) is 12.8. The van der Waals surface area contributed by atoms with Crippen LogP contribution < -0.4 is 0 Å². The zero-order valence-electron chi connectivity index (χ0n) is 8.36. The quantitative estimate of drug-likeness (QED) is 0.476. The van der Waals surface area contributed by atoms with E-state index < -0.39 is 7.82 Å². The molecule has 0 aliphatic heterocycles. The molecule has 13 heavy (non-hydrogen) atoms. The summed E-state index contributed by atoms with van der Waals surface area (Å²) in [7, 11) is -3.30. The zero-order valence-corrected chi connectivity index (χ0v) is 9.25. The van der Waals surface area contributed by atoms with Gasteiger partial charge < -0.3 is 0 Å². The van der Waals surface area contributed by atoms with E-state index >= 15 is 0 Å². The molecule has 0 atom stereocenters. The predicted octanol–water partition coefficient (Wildman–Crippen LogP) is 2.76. The molecule has 0 aromatic carbocycles. The molecule has 0 aliphatic carbocycles. The minimum atomic E-state index is -3.30. The number of hydrogen-bond acceptors (Lipinski definition) is 4. The van der Waals surface area contributed by atoms with Crippen molar-refractivity contribution in [1.82, 2.24) is 0 Å². The molecule has 0 fully saturated rings. The number of rotatable bonds is 7. The Balaban J connectivity index is 3.99. The van der Waals surface area contributed by atoms with E-state index in [0.29, 0.717) is 13.2 Å². The Kier molecular flexibility index (Phi) is 7.19. The topological polar surface area (TPSA) is 44.8 Å². The number of hydrogen-bond donors (Lipinski definition) is 0. The van der Waals surface area contributed by atoms with E-state index in [1.54, 1.807) is 19.9 Å². The van der Waals surface area contributed by atoms with Gasteiger partial charge in [0.15, 0.2) is 0 Å². The van der Waals surface area contributed by atoms with Gasteiger partial charge in [0.2, 0.25) is 0 Å². The van der Waals surface area contributed by atoms with Gasteiger partial charge in [0, 0.05) is 0 Å². The first-order valence-electron chi connectivity index (χ1n) is 4.33. The van der Waals surface area contributed by atoms with Crippen LogP contribution in [-0.4, -0.2) is 19.8 Å². The summed E-state index contributed by atoms with van der Waals surface area (Å²) in [6.45, 7) is 6.21. The van der Waals surface area contributed by atoms with E-state index in [4.69, 9.17) is 13.6 Å². The predicted molar refractivity (Wildman–Crippen MR) is 51.6 cm³/mol. The minimum absolute atomic E-state index is 0.244. The second kappa shape index (κ2) is 7.27. The lowest BCUT2D eigenvalue weighted by Gasteiger charge is -2.14. The lowest BCUT2D eigenvalue weighted by Crippen LogP contribution is -1.99. The maximum absolute atomic E-state index is 11.6. The van der Waals surface area contributed by atoms with Gasteiger partial charge in [-0.15, -0.1) is 0 Å². The van der Waals surface area contributed by atoms with Gasteiger partial charge in [0.05, 0.1) is 19.8 Å². The molecule has 0 saturated carbocycles. The number of phosphoric ester groups is 1. The van der Waals surface area contributed by atoms with Crippen molar-refractivity contribution in [2.45, 2.75) is 20.8 Å².